The number of piperidine rings is 1. The van der Waals surface area contributed by atoms with E-state index in [4.69, 9.17) is 5.11 Å². The van der Waals surface area contributed by atoms with Gasteiger partial charge in [-0.25, -0.2) is 22.5 Å². The maximum atomic E-state index is 12.3. The minimum absolute atomic E-state index is 0.0205. The number of aromatic nitrogens is 2. The molecule has 1 atom stereocenters. The van der Waals surface area contributed by atoms with E-state index >= 15 is 0 Å². The first kappa shape index (κ1) is 14.5. The molecule has 1 unspecified atom stereocenters. The molecule has 2 N–H and O–H groups in total. The van der Waals surface area contributed by atoms with E-state index in [1.54, 1.807) is 11.2 Å². The first-order valence-corrected chi connectivity index (χ1v) is 8.68. The van der Waals surface area contributed by atoms with Gasteiger partial charge in [0.25, 0.3) is 0 Å². The Labute approximate surface area is 123 Å². The second kappa shape index (κ2) is 5.10. The zero-order valence-electron chi connectivity index (χ0n) is 11.9. The molecule has 1 aromatic rings. The van der Waals surface area contributed by atoms with E-state index in [9.17, 15) is 13.2 Å². The maximum absolute atomic E-state index is 12.3. The number of carbonyl (C=O) groups is 1. The van der Waals surface area contributed by atoms with Crippen LogP contribution in [0.25, 0.3) is 0 Å². The Bertz CT molecular complexity index is 663. The Balaban J connectivity index is 1.80. The molecule has 0 aromatic carbocycles. The summed E-state index contributed by atoms with van der Waals surface area (Å²) >= 11 is 0. The number of aryl methyl sites for hydroxylation is 1. The van der Waals surface area contributed by atoms with Gasteiger partial charge in [-0.05, 0) is 32.6 Å². The highest BCUT2D eigenvalue weighted by Gasteiger charge is 2.42. The number of aromatic amines is 1. The Hall–Kier alpha value is -1.41. The van der Waals surface area contributed by atoms with Crippen LogP contribution in [-0.4, -0.2) is 52.1 Å². The number of imidazole rings is 1. The van der Waals surface area contributed by atoms with Crippen LogP contribution in [-0.2, 0) is 10.0 Å². The predicted octanol–water partition coefficient (Wildman–Crippen LogP) is 1.09. The van der Waals surface area contributed by atoms with E-state index in [0.29, 0.717) is 24.6 Å². The minimum Gasteiger partial charge on any atom is -0.476 e. The lowest BCUT2D eigenvalue weighted by atomic mass is 9.99. The van der Waals surface area contributed by atoms with Crippen molar-refractivity contribution in [2.24, 2.45) is 0 Å². The van der Waals surface area contributed by atoms with Crippen molar-refractivity contribution in [1.82, 2.24) is 14.3 Å². The molecular formula is C13H19N3O4S. The topological polar surface area (TPSA) is 103 Å². The summed E-state index contributed by atoms with van der Waals surface area (Å²) in [5.41, 5.74) is 0.534. The van der Waals surface area contributed by atoms with Gasteiger partial charge in [0.05, 0.1) is 5.25 Å². The molecule has 7 nitrogen and oxygen atoms in total. The van der Waals surface area contributed by atoms with E-state index in [1.165, 1.54) is 0 Å². The molecular weight excluding hydrogens is 294 g/mol. The molecule has 3 rings (SSSR count). The molecule has 0 radical (unpaired) electrons. The molecule has 2 heterocycles. The lowest BCUT2D eigenvalue weighted by Gasteiger charge is -2.31. The van der Waals surface area contributed by atoms with Gasteiger partial charge in [-0.15, -0.1) is 0 Å². The normalized spacial score (nSPS) is 24.1. The summed E-state index contributed by atoms with van der Waals surface area (Å²) in [5, 5.41) is 8.85. The first-order valence-electron chi connectivity index (χ1n) is 7.18. The van der Waals surface area contributed by atoms with Crippen LogP contribution in [0, 0.1) is 6.92 Å². The van der Waals surface area contributed by atoms with Gasteiger partial charge in [0.2, 0.25) is 10.0 Å². The van der Waals surface area contributed by atoms with Gasteiger partial charge in [-0.1, -0.05) is 0 Å². The summed E-state index contributed by atoms with van der Waals surface area (Å²) in [7, 11) is -3.17. The lowest BCUT2D eigenvalue weighted by molar-refractivity contribution is 0.0690. The van der Waals surface area contributed by atoms with Crippen LogP contribution < -0.4 is 0 Å². The second-order valence-electron chi connectivity index (χ2n) is 5.84. The number of H-pyrrole nitrogens is 1. The fourth-order valence-corrected chi connectivity index (χ4v) is 4.78. The molecule has 2 aliphatic rings. The quantitative estimate of drug-likeness (QED) is 0.866. The molecule has 1 aliphatic heterocycles. The zero-order chi connectivity index (χ0) is 15.2. The number of aromatic carboxylic acids is 1. The van der Waals surface area contributed by atoms with Gasteiger partial charge in [-0.2, -0.15) is 0 Å². The molecule has 2 fully saturated rings. The maximum Gasteiger partial charge on any atom is 0.356 e. The zero-order valence-corrected chi connectivity index (χ0v) is 12.7. The van der Waals surface area contributed by atoms with Gasteiger partial charge in [0.1, 0.15) is 5.82 Å². The Morgan fingerprint density at radius 1 is 1.38 bits per heavy atom. The van der Waals surface area contributed by atoms with Crippen molar-refractivity contribution in [1.29, 1.82) is 0 Å². The van der Waals surface area contributed by atoms with Gasteiger partial charge >= 0.3 is 5.97 Å². The largest absolute Gasteiger partial charge is 0.476 e. The van der Waals surface area contributed by atoms with E-state index in [-0.39, 0.29) is 16.9 Å². The van der Waals surface area contributed by atoms with Crippen molar-refractivity contribution in [2.45, 2.75) is 43.8 Å². The van der Waals surface area contributed by atoms with Crippen molar-refractivity contribution >= 4 is 16.0 Å². The summed E-state index contributed by atoms with van der Waals surface area (Å²) in [6.45, 7) is 2.62. The van der Waals surface area contributed by atoms with E-state index in [2.05, 4.69) is 9.97 Å². The highest BCUT2D eigenvalue weighted by molar-refractivity contribution is 7.90. The van der Waals surface area contributed by atoms with Crippen LogP contribution in [0.3, 0.4) is 0 Å². The fourth-order valence-electron chi connectivity index (χ4n) is 2.86. The number of sulfonamides is 1. The molecule has 1 aromatic heterocycles. The third kappa shape index (κ3) is 2.69. The summed E-state index contributed by atoms with van der Waals surface area (Å²) in [5.74, 6) is -0.534. The average molecular weight is 313 g/mol. The SMILES string of the molecule is Cc1[nH]c(C2CCCN(S(=O)(=O)C3CC3)C2)nc1C(=O)O. The van der Waals surface area contributed by atoms with Crippen LogP contribution >= 0.6 is 0 Å². The van der Waals surface area contributed by atoms with Crippen molar-refractivity contribution in [2.75, 3.05) is 13.1 Å². The van der Waals surface area contributed by atoms with Gasteiger partial charge < -0.3 is 10.1 Å². The molecule has 1 saturated heterocycles. The summed E-state index contributed by atoms with van der Waals surface area (Å²) in [6.07, 6.45) is 3.11. The lowest BCUT2D eigenvalue weighted by Crippen LogP contribution is -2.41. The third-order valence-electron chi connectivity index (χ3n) is 4.18. The van der Waals surface area contributed by atoms with Crippen molar-refractivity contribution in [3.05, 3.63) is 17.2 Å². The predicted molar refractivity (Wildman–Crippen MR) is 75.8 cm³/mol. The molecule has 1 saturated carbocycles. The number of nitrogens with one attached hydrogen (secondary N) is 1. The Morgan fingerprint density at radius 2 is 2.10 bits per heavy atom. The number of carboxylic acids is 1. The van der Waals surface area contributed by atoms with E-state index in [0.717, 1.165) is 25.7 Å². The molecule has 116 valence electrons. The summed E-state index contributed by atoms with van der Waals surface area (Å²) in [4.78, 5) is 18.2. The van der Waals surface area contributed by atoms with Crippen LogP contribution in [0.2, 0.25) is 0 Å². The van der Waals surface area contributed by atoms with Gasteiger partial charge in [-0.3, -0.25) is 0 Å². The Kier molecular flexibility index (Phi) is 3.53. The van der Waals surface area contributed by atoms with Gasteiger partial charge in [0.15, 0.2) is 5.69 Å². The monoisotopic (exact) mass is 313 g/mol. The van der Waals surface area contributed by atoms with E-state index < -0.39 is 16.0 Å². The average Bonchev–Trinajstić information content (AvgIpc) is 3.22. The van der Waals surface area contributed by atoms with Crippen molar-refractivity contribution in [3.8, 4) is 0 Å². The fraction of sp³-hybridized carbons (Fsp3) is 0.692. The summed E-state index contributed by atoms with van der Waals surface area (Å²) < 4.78 is 26.2. The highest BCUT2D eigenvalue weighted by atomic mass is 32.2. The number of carboxylic acid groups (broad SMARTS) is 1. The standard InChI is InChI=1S/C13H19N3O4S/c1-8-11(13(17)18)15-12(14-8)9-3-2-6-16(7-9)21(19,20)10-4-5-10/h9-10H,2-7H2,1H3,(H,14,15)(H,17,18). The minimum atomic E-state index is -3.17. The van der Waals surface area contributed by atoms with Crippen LogP contribution in [0.5, 0.6) is 0 Å². The number of rotatable bonds is 4. The van der Waals surface area contributed by atoms with Crippen LogP contribution in [0.1, 0.15) is 53.6 Å². The van der Waals surface area contributed by atoms with Crippen molar-refractivity contribution in [3.63, 3.8) is 0 Å². The molecule has 0 bridgehead atoms. The molecule has 0 amide bonds. The van der Waals surface area contributed by atoms with E-state index in [1.807, 2.05) is 0 Å². The Morgan fingerprint density at radius 3 is 2.67 bits per heavy atom. The number of hydrogen-bond acceptors (Lipinski definition) is 4. The van der Waals surface area contributed by atoms with Gasteiger partial charge in [0, 0.05) is 24.7 Å². The third-order valence-corrected chi connectivity index (χ3v) is 6.55. The van der Waals surface area contributed by atoms with Crippen LogP contribution in [0.15, 0.2) is 0 Å². The highest BCUT2D eigenvalue weighted by Crippen LogP contribution is 2.35. The number of hydrogen-bond donors (Lipinski definition) is 2. The second-order valence-corrected chi connectivity index (χ2v) is 8.06. The molecule has 0 spiro atoms. The molecule has 21 heavy (non-hydrogen) atoms. The molecule has 8 heteroatoms. The first-order chi connectivity index (χ1) is 9.89. The number of nitrogens with zero attached hydrogens (tertiary/aromatic N) is 2. The van der Waals surface area contributed by atoms with Crippen LogP contribution in [0.4, 0.5) is 0 Å². The summed E-state index contributed by atoms with van der Waals surface area (Å²) in [6, 6.07) is 0. The van der Waals surface area contributed by atoms with Crippen molar-refractivity contribution < 1.29 is 18.3 Å². The smallest absolute Gasteiger partial charge is 0.356 e. The molecule has 1 aliphatic carbocycles.